The highest BCUT2D eigenvalue weighted by atomic mass is 19.1. The molecule has 1 aromatic rings. The Balaban J connectivity index is 2.96. The van der Waals surface area contributed by atoms with Crippen LogP contribution in [-0.2, 0) is 0 Å². The molecule has 0 aliphatic rings. The first-order chi connectivity index (χ1) is 8.45. The number of carbonyl (C=O) groups is 1. The Morgan fingerprint density at radius 2 is 2.22 bits per heavy atom. The zero-order chi connectivity index (χ0) is 13.7. The first-order valence-electron chi connectivity index (χ1n) is 5.48. The molecule has 1 amide bonds. The molecule has 0 aromatic heterocycles. The molecule has 98 valence electrons. The number of nitrogens with two attached hydrogens (primary N) is 1. The topological polar surface area (TPSA) is 78.9 Å². The largest absolute Gasteiger partial charge is 0.409 e. The Labute approximate surface area is 105 Å². The molecule has 0 aliphatic carbocycles. The lowest BCUT2D eigenvalue weighted by Crippen LogP contribution is -2.42. The van der Waals surface area contributed by atoms with Crippen LogP contribution in [0.3, 0.4) is 0 Å². The summed E-state index contributed by atoms with van der Waals surface area (Å²) in [6.07, 6.45) is 0. The van der Waals surface area contributed by atoms with Crippen LogP contribution in [0.2, 0.25) is 0 Å². The summed E-state index contributed by atoms with van der Waals surface area (Å²) >= 11 is 0. The van der Waals surface area contributed by atoms with Gasteiger partial charge in [0, 0.05) is 11.6 Å². The monoisotopic (exact) mass is 253 g/mol. The lowest BCUT2D eigenvalue weighted by molar-refractivity contribution is 0.0733. The number of amides is 1. The van der Waals surface area contributed by atoms with Gasteiger partial charge in [-0.15, -0.1) is 0 Å². The molecule has 0 spiro atoms. The van der Waals surface area contributed by atoms with Gasteiger partial charge in [-0.25, -0.2) is 4.39 Å². The third-order valence-electron chi connectivity index (χ3n) is 2.42. The molecule has 0 aliphatic heterocycles. The second-order valence-corrected chi connectivity index (χ2v) is 4.13. The summed E-state index contributed by atoms with van der Waals surface area (Å²) in [7, 11) is 0. The van der Waals surface area contributed by atoms with Crippen molar-refractivity contribution in [3.05, 3.63) is 35.6 Å². The van der Waals surface area contributed by atoms with Crippen molar-refractivity contribution in [1.29, 1.82) is 0 Å². The number of halogens is 1. The van der Waals surface area contributed by atoms with Gasteiger partial charge >= 0.3 is 0 Å². The van der Waals surface area contributed by atoms with E-state index in [1.165, 1.54) is 23.1 Å². The zero-order valence-corrected chi connectivity index (χ0v) is 10.3. The molecule has 0 unspecified atom stereocenters. The predicted octanol–water partition coefficient (Wildman–Crippen LogP) is 1.42. The molecule has 0 saturated heterocycles. The zero-order valence-electron chi connectivity index (χ0n) is 10.3. The number of hydrogen-bond acceptors (Lipinski definition) is 3. The molecule has 3 N–H and O–H groups in total. The first-order valence-corrected chi connectivity index (χ1v) is 5.48. The van der Waals surface area contributed by atoms with Crippen LogP contribution in [0.4, 0.5) is 4.39 Å². The highest BCUT2D eigenvalue weighted by molar-refractivity contribution is 5.97. The van der Waals surface area contributed by atoms with E-state index in [1.807, 2.05) is 0 Å². The standard InChI is InChI=1S/C12H16FN3O2/c1-8(2)16(7-11(14)15-18)12(17)9-4-3-5-10(13)6-9/h3-6,8,18H,7H2,1-2H3,(H2,14,15). The summed E-state index contributed by atoms with van der Waals surface area (Å²) in [6.45, 7) is 3.58. The van der Waals surface area contributed by atoms with Gasteiger partial charge in [0.25, 0.3) is 5.91 Å². The fraction of sp³-hybridized carbons (Fsp3) is 0.333. The van der Waals surface area contributed by atoms with Crippen LogP contribution in [0.15, 0.2) is 29.4 Å². The average Bonchev–Trinajstić information content (AvgIpc) is 2.34. The number of amidine groups is 1. The fourth-order valence-corrected chi connectivity index (χ4v) is 1.48. The van der Waals surface area contributed by atoms with Crippen molar-refractivity contribution in [2.45, 2.75) is 19.9 Å². The second-order valence-electron chi connectivity index (χ2n) is 4.13. The molecule has 0 bridgehead atoms. The number of oxime groups is 1. The van der Waals surface area contributed by atoms with Crippen LogP contribution in [0, 0.1) is 5.82 Å². The van der Waals surface area contributed by atoms with Gasteiger partial charge in [0.1, 0.15) is 5.82 Å². The third kappa shape index (κ3) is 3.44. The maximum Gasteiger partial charge on any atom is 0.254 e. The van der Waals surface area contributed by atoms with Gasteiger partial charge in [0.2, 0.25) is 0 Å². The molecule has 0 radical (unpaired) electrons. The molecular weight excluding hydrogens is 237 g/mol. The number of carbonyl (C=O) groups excluding carboxylic acids is 1. The van der Waals surface area contributed by atoms with E-state index in [0.717, 1.165) is 6.07 Å². The van der Waals surface area contributed by atoms with E-state index in [2.05, 4.69) is 5.16 Å². The molecular formula is C12H16FN3O2. The quantitative estimate of drug-likeness (QED) is 0.368. The molecule has 0 heterocycles. The fourth-order valence-electron chi connectivity index (χ4n) is 1.48. The smallest absolute Gasteiger partial charge is 0.254 e. The van der Waals surface area contributed by atoms with Crippen LogP contribution in [0.25, 0.3) is 0 Å². The maximum atomic E-state index is 13.1. The van der Waals surface area contributed by atoms with Gasteiger partial charge in [0.05, 0.1) is 6.54 Å². The van der Waals surface area contributed by atoms with E-state index in [9.17, 15) is 9.18 Å². The normalized spacial score (nSPS) is 11.7. The van der Waals surface area contributed by atoms with Gasteiger partial charge in [-0.1, -0.05) is 11.2 Å². The SMILES string of the molecule is CC(C)N(CC(N)=NO)C(=O)c1cccc(F)c1. The van der Waals surface area contributed by atoms with E-state index in [0.29, 0.717) is 0 Å². The summed E-state index contributed by atoms with van der Waals surface area (Å²) in [4.78, 5) is 13.5. The lowest BCUT2D eigenvalue weighted by Gasteiger charge is -2.26. The lowest BCUT2D eigenvalue weighted by atomic mass is 10.1. The highest BCUT2D eigenvalue weighted by Gasteiger charge is 2.20. The molecule has 0 fully saturated rings. The van der Waals surface area contributed by atoms with Crippen molar-refractivity contribution in [1.82, 2.24) is 4.90 Å². The van der Waals surface area contributed by atoms with Crippen LogP contribution < -0.4 is 5.73 Å². The van der Waals surface area contributed by atoms with E-state index in [1.54, 1.807) is 13.8 Å². The van der Waals surface area contributed by atoms with Crippen molar-refractivity contribution in [2.75, 3.05) is 6.54 Å². The minimum Gasteiger partial charge on any atom is -0.409 e. The summed E-state index contributed by atoms with van der Waals surface area (Å²) < 4.78 is 13.1. The molecule has 18 heavy (non-hydrogen) atoms. The molecule has 0 saturated carbocycles. The minimum atomic E-state index is -0.478. The van der Waals surface area contributed by atoms with Crippen molar-refractivity contribution >= 4 is 11.7 Å². The highest BCUT2D eigenvalue weighted by Crippen LogP contribution is 2.10. The Morgan fingerprint density at radius 1 is 1.56 bits per heavy atom. The van der Waals surface area contributed by atoms with Crippen molar-refractivity contribution < 1.29 is 14.4 Å². The van der Waals surface area contributed by atoms with Crippen LogP contribution in [0.5, 0.6) is 0 Å². The number of rotatable bonds is 4. The Bertz CT molecular complexity index is 460. The third-order valence-corrected chi connectivity index (χ3v) is 2.42. The summed E-state index contributed by atoms with van der Waals surface area (Å²) in [5, 5.41) is 11.4. The molecule has 5 nitrogen and oxygen atoms in total. The van der Waals surface area contributed by atoms with Gasteiger partial charge in [0.15, 0.2) is 5.84 Å². The molecule has 1 aromatic carbocycles. The molecule has 0 atom stereocenters. The van der Waals surface area contributed by atoms with Gasteiger partial charge in [-0.2, -0.15) is 0 Å². The van der Waals surface area contributed by atoms with Crippen molar-refractivity contribution in [2.24, 2.45) is 10.9 Å². The van der Waals surface area contributed by atoms with E-state index in [4.69, 9.17) is 10.9 Å². The van der Waals surface area contributed by atoms with Crippen molar-refractivity contribution in [3.63, 3.8) is 0 Å². The Morgan fingerprint density at radius 3 is 2.72 bits per heavy atom. The van der Waals surface area contributed by atoms with Gasteiger partial charge in [-0.05, 0) is 32.0 Å². The molecule has 1 rings (SSSR count). The van der Waals surface area contributed by atoms with Gasteiger partial charge < -0.3 is 15.8 Å². The summed E-state index contributed by atoms with van der Waals surface area (Å²) in [5.41, 5.74) is 5.62. The van der Waals surface area contributed by atoms with E-state index >= 15 is 0 Å². The first kappa shape index (κ1) is 14.0. The van der Waals surface area contributed by atoms with Gasteiger partial charge in [-0.3, -0.25) is 4.79 Å². The number of nitrogens with zero attached hydrogens (tertiary/aromatic N) is 2. The minimum absolute atomic E-state index is 0.0104. The predicted molar refractivity (Wildman–Crippen MR) is 66.0 cm³/mol. The Kier molecular flexibility index (Phi) is 4.65. The maximum absolute atomic E-state index is 13.1. The average molecular weight is 253 g/mol. The number of hydrogen-bond donors (Lipinski definition) is 2. The van der Waals surface area contributed by atoms with E-state index < -0.39 is 5.82 Å². The van der Waals surface area contributed by atoms with Crippen molar-refractivity contribution in [3.8, 4) is 0 Å². The molecule has 6 heteroatoms. The van der Waals surface area contributed by atoms with Crippen LogP contribution in [-0.4, -0.2) is 34.4 Å². The van der Waals surface area contributed by atoms with Crippen LogP contribution >= 0.6 is 0 Å². The summed E-state index contributed by atoms with van der Waals surface area (Å²) in [5.74, 6) is -0.919. The summed E-state index contributed by atoms with van der Waals surface area (Å²) in [6, 6.07) is 5.25. The Hall–Kier alpha value is -2.11. The second kappa shape index (κ2) is 6.00. The van der Waals surface area contributed by atoms with E-state index in [-0.39, 0.29) is 29.9 Å². The number of benzene rings is 1. The van der Waals surface area contributed by atoms with Crippen LogP contribution in [0.1, 0.15) is 24.2 Å².